The molecule has 0 aliphatic carbocycles. The zero-order valence-corrected chi connectivity index (χ0v) is 13.1. The molecule has 18 heavy (non-hydrogen) atoms. The van der Waals surface area contributed by atoms with E-state index in [4.69, 9.17) is 4.74 Å². The van der Waals surface area contributed by atoms with Crippen LogP contribution >= 0.6 is 27.7 Å². The van der Waals surface area contributed by atoms with Crippen LogP contribution in [0.25, 0.3) is 0 Å². The van der Waals surface area contributed by atoms with E-state index in [0.717, 1.165) is 27.6 Å². The van der Waals surface area contributed by atoms with Gasteiger partial charge in [0.1, 0.15) is 5.75 Å². The summed E-state index contributed by atoms with van der Waals surface area (Å²) in [5, 5.41) is 4.92. The Bertz CT molecular complexity index is 462. The van der Waals surface area contributed by atoms with Crippen LogP contribution in [0.2, 0.25) is 0 Å². The van der Waals surface area contributed by atoms with Crippen LogP contribution < -0.4 is 10.1 Å². The summed E-state index contributed by atoms with van der Waals surface area (Å²) in [5.74, 6) is 1.48. The number of methoxy groups -OCH3 is 1. The number of ether oxygens (including phenoxy) is 1. The summed E-state index contributed by atoms with van der Waals surface area (Å²) in [7, 11) is 1.67. The second-order valence-electron chi connectivity index (χ2n) is 4.52. The second-order valence-corrected chi connectivity index (χ2v) is 6.60. The van der Waals surface area contributed by atoms with E-state index in [1.807, 2.05) is 30.0 Å². The lowest BCUT2D eigenvalue weighted by Crippen LogP contribution is -2.13. The van der Waals surface area contributed by atoms with Crippen molar-refractivity contribution in [1.29, 1.82) is 0 Å². The van der Waals surface area contributed by atoms with Crippen molar-refractivity contribution in [1.82, 2.24) is 0 Å². The van der Waals surface area contributed by atoms with E-state index in [1.54, 1.807) is 7.11 Å². The molecule has 98 valence electrons. The van der Waals surface area contributed by atoms with Crippen molar-refractivity contribution >= 4 is 38.5 Å². The number of amidine groups is 1. The number of nitrogens with zero attached hydrogens (tertiary/aromatic N) is 1. The first-order valence-corrected chi connectivity index (χ1v) is 7.59. The van der Waals surface area contributed by atoms with Gasteiger partial charge in [-0.25, -0.2) is 0 Å². The molecule has 0 bridgehead atoms. The lowest BCUT2D eigenvalue weighted by atomic mass is 10.1. The van der Waals surface area contributed by atoms with E-state index in [1.165, 1.54) is 0 Å². The molecule has 3 nitrogen and oxygen atoms in total. The summed E-state index contributed by atoms with van der Waals surface area (Å²) in [5.41, 5.74) is 0.991. The second kappa shape index (κ2) is 5.97. The van der Waals surface area contributed by atoms with E-state index in [9.17, 15) is 0 Å². The van der Waals surface area contributed by atoms with Crippen LogP contribution in [-0.4, -0.2) is 24.1 Å². The normalized spacial score (nSPS) is 18.9. The van der Waals surface area contributed by atoms with Crippen molar-refractivity contribution in [3.8, 4) is 5.75 Å². The smallest absolute Gasteiger partial charge is 0.161 e. The number of benzene rings is 1. The molecule has 0 radical (unpaired) electrons. The summed E-state index contributed by atoms with van der Waals surface area (Å²) in [6.07, 6.45) is 0. The number of halogens is 1. The van der Waals surface area contributed by atoms with Crippen molar-refractivity contribution in [3.05, 3.63) is 22.7 Å². The number of rotatable bonds is 3. The van der Waals surface area contributed by atoms with E-state index in [0.29, 0.717) is 11.2 Å². The van der Waals surface area contributed by atoms with Crippen LogP contribution in [0.1, 0.15) is 13.8 Å². The molecule has 0 aromatic heterocycles. The largest absolute Gasteiger partial charge is 0.497 e. The molecule has 0 fully saturated rings. The zero-order valence-electron chi connectivity index (χ0n) is 10.7. The molecule has 0 spiro atoms. The molecule has 1 atom stereocenters. The first-order chi connectivity index (χ1) is 8.60. The van der Waals surface area contributed by atoms with Gasteiger partial charge >= 0.3 is 0 Å². The fourth-order valence-electron chi connectivity index (χ4n) is 1.65. The van der Waals surface area contributed by atoms with Crippen LogP contribution in [0.5, 0.6) is 5.75 Å². The van der Waals surface area contributed by atoms with Crippen molar-refractivity contribution < 1.29 is 4.74 Å². The molecule has 0 saturated carbocycles. The molecular weight excluding hydrogens is 312 g/mol. The number of nitrogens with one attached hydrogen (secondary N) is 1. The maximum Gasteiger partial charge on any atom is 0.161 e. The third-order valence-corrected chi connectivity index (χ3v) is 4.98. The fourth-order valence-corrected chi connectivity index (χ4v) is 3.02. The molecule has 5 heteroatoms. The van der Waals surface area contributed by atoms with Crippen molar-refractivity contribution in [2.45, 2.75) is 19.1 Å². The van der Waals surface area contributed by atoms with Gasteiger partial charge in [-0.15, -0.1) is 0 Å². The molecule has 1 aromatic carbocycles. The Hall–Kier alpha value is -0.680. The Morgan fingerprint density at radius 2 is 2.28 bits per heavy atom. The lowest BCUT2D eigenvalue weighted by molar-refractivity contribution is 0.415. The van der Waals surface area contributed by atoms with Crippen LogP contribution in [0.4, 0.5) is 5.69 Å². The van der Waals surface area contributed by atoms with Crippen LogP contribution in [0.3, 0.4) is 0 Å². The minimum atomic E-state index is 0.580. The first kappa shape index (κ1) is 13.7. The zero-order chi connectivity index (χ0) is 13.1. The monoisotopic (exact) mass is 328 g/mol. The van der Waals surface area contributed by atoms with E-state index in [-0.39, 0.29) is 0 Å². The van der Waals surface area contributed by atoms with Gasteiger partial charge in [-0.2, -0.15) is 0 Å². The Labute approximate surface area is 121 Å². The third kappa shape index (κ3) is 3.20. The summed E-state index contributed by atoms with van der Waals surface area (Å²) in [6, 6.07) is 5.87. The summed E-state index contributed by atoms with van der Waals surface area (Å²) < 4.78 is 6.24. The summed E-state index contributed by atoms with van der Waals surface area (Å²) in [6.45, 7) is 5.36. The number of aliphatic imine (C=N–C) groups is 1. The maximum absolute atomic E-state index is 5.23. The van der Waals surface area contributed by atoms with E-state index in [2.05, 4.69) is 40.1 Å². The van der Waals surface area contributed by atoms with Crippen molar-refractivity contribution in [3.63, 3.8) is 0 Å². The lowest BCUT2D eigenvalue weighted by Gasteiger charge is -2.13. The molecule has 2 rings (SSSR count). The van der Waals surface area contributed by atoms with Crippen LogP contribution in [0.15, 0.2) is 27.7 Å². The SMILES string of the molecule is COc1ccc(Br)c(NC2=NCC(C(C)C)S2)c1. The highest BCUT2D eigenvalue weighted by Crippen LogP contribution is 2.31. The molecule has 0 amide bonds. The average molecular weight is 329 g/mol. The van der Waals surface area contributed by atoms with E-state index >= 15 is 0 Å². The minimum absolute atomic E-state index is 0.580. The molecule has 1 unspecified atom stereocenters. The highest BCUT2D eigenvalue weighted by Gasteiger charge is 2.22. The van der Waals surface area contributed by atoms with Gasteiger partial charge in [-0.1, -0.05) is 25.6 Å². The minimum Gasteiger partial charge on any atom is -0.497 e. The molecule has 1 aliphatic rings. The van der Waals surface area contributed by atoms with Gasteiger partial charge in [0.05, 0.1) is 19.3 Å². The standard InChI is InChI=1S/C13H17BrN2OS/c1-8(2)12-7-15-13(18-12)16-11-6-9(17-3)4-5-10(11)14/h4-6,8,12H,7H2,1-3H3,(H,15,16). The van der Waals surface area contributed by atoms with Gasteiger partial charge in [-0.05, 0) is 34.0 Å². The molecular formula is C13H17BrN2OS. The van der Waals surface area contributed by atoms with Gasteiger partial charge in [0.2, 0.25) is 0 Å². The summed E-state index contributed by atoms with van der Waals surface area (Å²) >= 11 is 5.34. The number of thioether (sulfide) groups is 1. The van der Waals surface area contributed by atoms with Crippen molar-refractivity contribution in [2.24, 2.45) is 10.9 Å². The average Bonchev–Trinajstić information content (AvgIpc) is 2.81. The highest BCUT2D eigenvalue weighted by atomic mass is 79.9. The molecule has 1 N–H and O–H groups in total. The third-order valence-electron chi connectivity index (χ3n) is 2.84. The summed E-state index contributed by atoms with van der Waals surface area (Å²) in [4.78, 5) is 4.54. The van der Waals surface area contributed by atoms with Gasteiger partial charge in [-0.3, -0.25) is 4.99 Å². The first-order valence-electron chi connectivity index (χ1n) is 5.92. The van der Waals surface area contributed by atoms with Gasteiger partial charge in [0, 0.05) is 15.8 Å². The Balaban J connectivity index is 2.06. The molecule has 1 aromatic rings. The fraction of sp³-hybridized carbons (Fsp3) is 0.462. The molecule has 1 heterocycles. The Morgan fingerprint density at radius 1 is 1.50 bits per heavy atom. The number of anilines is 1. The Morgan fingerprint density at radius 3 is 2.89 bits per heavy atom. The molecule has 1 aliphatic heterocycles. The molecule has 0 saturated heterocycles. The predicted molar refractivity (Wildman–Crippen MR) is 82.8 cm³/mol. The quantitative estimate of drug-likeness (QED) is 0.910. The number of hydrogen-bond donors (Lipinski definition) is 1. The van der Waals surface area contributed by atoms with Crippen molar-refractivity contribution in [2.75, 3.05) is 19.0 Å². The van der Waals surface area contributed by atoms with Gasteiger partial charge < -0.3 is 10.1 Å². The van der Waals surface area contributed by atoms with Gasteiger partial charge in [0.25, 0.3) is 0 Å². The van der Waals surface area contributed by atoms with E-state index < -0.39 is 0 Å². The maximum atomic E-state index is 5.23. The topological polar surface area (TPSA) is 33.6 Å². The predicted octanol–water partition coefficient (Wildman–Crippen LogP) is 4.00. The number of hydrogen-bond acceptors (Lipinski definition) is 4. The Kier molecular flexibility index (Phi) is 4.56. The highest BCUT2D eigenvalue weighted by molar-refractivity contribution is 9.10. The van der Waals surface area contributed by atoms with Crippen LogP contribution in [0, 0.1) is 5.92 Å². The van der Waals surface area contributed by atoms with Crippen LogP contribution in [-0.2, 0) is 0 Å². The van der Waals surface area contributed by atoms with Gasteiger partial charge in [0.15, 0.2) is 5.17 Å².